The lowest BCUT2D eigenvalue weighted by molar-refractivity contribution is -0.139. The number of hydrogen-bond donors (Lipinski definition) is 0. The van der Waals surface area contributed by atoms with Gasteiger partial charge in [0.05, 0.1) is 28.4 Å². The highest BCUT2D eigenvalue weighted by Gasteiger charge is 2.21. The molecule has 0 bridgehead atoms. The second kappa shape index (κ2) is 7.91. The Kier molecular flexibility index (Phi) is 5.91. The van der Waals surface area contributed by atoms with E-state index < -0.39 is 5.25 Å². The number of benzene rings is 1. The second-order valence-electron chi connectivity index (χ2n) is 4.57. The molecule has 0 aliphatic carbocycles. The molecule has 0 N–H and O–H groups in total. The summed E-state index contributed by atoms with van der Waals surface area (Å²) in [6.07, 6.45) is 0. The first-order valence-corrected chi connectivity index (χ1v) is 7.80. The summed E-state index contributed by atoms with van der Waals surface area (Å²) < 4.78 is 26.1. The van der Waals surface area contributed by atoms with Crippen molar-refractivity contribution in [2.45, 2.75) is 17.4 Å². The molecule has 0 unspecified atom stereocenters. The molecule has 0 amide bonds. The monoisotopic (exact) mass is 354 g/mol. The maximum atomic E-state index is 11.5. The quantitative estimate of drug-likeness (QED) is 0.549. The van der Waals surface area contributed by atoms with Crippen molar-refractivity contribution in [2.75, 3.05) is 28.4 Å². The SMILES string of the molecule is COC(=O)[C@H](C)Sc1nnc(-c2cc(OC)c(OC)c(OC)c2)o1. The Morgan fingerprint density at radius 2 is 1.71 bits per heavy atom. The molecule has 1 aromatic carbocycles. The van der Waals surface area contributed by atoms with Gasteiger partial charge in [-0.25, -0.2) is 0 Å². The Morgan fingerprint density at radius 1 is 1.08 bits per heavy atom. The molecule has 9 heteroatoms. The highest BCUT2D eigenvalue weighted by Crippen LogP contribution is 2.41. The van der Waals surface area contributed by atoms with Crippen molar-refractivity contribution in [1.29, 1.82) is 0 Å². The van der Waals surface area contributed by atoms with Crippen LogP contribution in [0, 0.1) is 0 Å². The van der Waals surface area contributed by atoms with Crippen molar-refractivity contribution in [2.24, 2.45) is 0 Å². The van der Waals surface area contributed by atoms with E-state index in [2.05, 4.69) is 14.9 Å². The van der Waals surface area contributed by atoms with Gasteiger partial charge in [-0.2, -0.15) is 0 Å². The Morgan fingerprint density at radius 3 is 2.21 bits per heavy atom. The molecule has 0 saturated carbocycles. The number of aromatic nitrogens is 2. The first kappa shape index (κ1) is 17.9. The number of methoxy groups -OCH3 is 4. The molecule has 130 valence electrons. The van der Waals surface area contributed by atoms with Gasteiger partial charge in [0, 0.05) is 5.56 Å². The normalized spacial score (nSPS) is 11.7. The van der Waals surface area contributed by atoms with E-state index in [1.807, 2.05) is 0 Å². The molecular weight excluding hydrogens is 336 g/mol. The average molecular weight is 354 g/mol. The van der Waals surface area contributed by atoms with Crippen molar-refractivity contribution in [3.8, 4) is 28.7 Å². The Balaban J connectivity index is 2.31. The van der Waals surface area contributed by atoms with Crippen LogP contribution >= 0.6 is 11.8 Å². The number of carbonyl (C=O) groups is 1. The topological polar surface area (TPSA) is 92.9 Å². The molecule has 2 rings (SSSR count). The van der Waals surface area contributed by atoms with Gasteiger partial charge in [0.2, 0.25) is 11.6 Å². The van der Waals surface area contributed by atoms with Gasteiger partial charge in [-0.05, 0) is 19.1 Å². The lowest BCUT2D eigenvalue weighted by Gasteiger charge is -2.12. The highest BCUT2D eigenvalue weighted by molar-refractivity contribution is 8.00. The van der Waals surface area contributed by atoms with Crippen LogP contribution in [0.15, 0.2) is 21.8 Å². The standard InChI is InChI=1S/C15H18N2O6S/c1-8(14(18)22-5)24-15-17-16-13(23-15)9-6-10(19-2)12(21-4)11(7-9)20-3/h6-8H,1-5H3/t8-/m0/s1. The molecule has 2 aromatic rings. The van der Waals surface area contributed by atoms with Crippen LogP contribution in [-0.4, -0.2) is 49.9 Å². The molecule has 0 saturated heterocycles. The van der Waals surface area contributed by atoms with E-state index in [1.165, 1.54) is 28.4 Å². The number of esters is 1. The zero-order valence-electron chi connectivity index (χ0n) is 14.0. The van der Waals surface area contributed by atoms with Crippen molar-refractivity contribution in [3.05, 3.63) is 12.1 Å². The molecule has 0 fully saturated rings. The van der Waals surface area contributed by atoms with Gasteiger partial charge in [0.15, 0.2) is 11.5 Å². The summed E-state index contributed by atoms with van der Waals surface area (Å²) in [6.45, 7) is 1.69. The van der Waals surface area contributed by atoms with Crippen LogP contribution in [0.3, 0.4) is 0 Å². The Labute approximate surface area is 143 Å². The highest BCUT2D eigenvalue weighted by atomic mass is 32.2. The second-order valence-corrected chi connectivity index (χ2v) is 5.86. The fourth-order valence-electron chi connectivity index (χ4n) is 1.94. The number of carbonyl (C=O) groups excluding carboxylic acids is 1. The van der Waals surface area contributed by atoms with Gasteiger partial charge in [-0.1, -0.05) is 11.8 Å². The van der Waals surface area contributed by atoms with Gasteiger partial charge >= 0.3 is 5.97 Å². The van der Waals surface area contributed by atoms with E-state index >= 15 is 0 Å². The van der Waals surface area contributed by atoms with Crippen LogP contribution < -0.4 is 14.2 Å². The third kappa shape index (κ3) is 3.73. The molecule has 0 aliphatic heterocycles. The fraction of sp³-hybridized carbons (Fsp3) is 0.400. The predicted molar refractivity (Wildman–Crippen MR) is 86.7 cm³/mol. The molecule has 1 atom stereocenters. The van der Waals surface area contributed by atoms with Gasteiger partial charge in [0.1, 0.15) is 5.25 Å². The summed E-state index contributed by atoms with van der Waals surface area (Å²) >= 11 is 1.12. The minimum Gasteiger partial charge on any atom is -0.493 e. The molecule has 0 radical (unpaired) electrons. The molecule has 1 heterocycles. The van der Waals surface area contributed by atoms with Crippen LogP contribution in [0.25, 0.3) is 11.5 Å². The van der Waals surface area contributed by atoms with Gasteiger partial charge in [0.25, 0.3) is 5.22 Å². The maximum absolute atomic E-state index is 11.5. The molecule has 24 heavy (non-hydrogen) atoms. The molecule has 0 aliphatic rings. The number of nitrogens with zero attached hydrogens (tertiary/aromatic N) is 2. The molecular formula is C15H18N2O6S. The summed E-state index contributed by atoms with van der Waals surface area (Å²) in [5.74, 6) is 1.32. The summed E-state index contributed by atoms with van der Waals surface area (Å²) in [7, 11) is 5.90. The number of thioether (sulfide) groups is 1. The van der Waals surface area contributed by atoms with E-state index in [0.717, 1.165) is 11.8 Å². The smallest absolute Gasteiger partial charge is 0.319 e. The van der Waals surface area contributed by atoms with Crippen molar-refractivity contribution >= 4 is 17.7 Å². The van der Waals surface area contributed by atoms with E-state index in [9.17, 15) is 4.79 Å². The van der Waals surface area contributed by atoms with Gasteiger partial charge in [-0.15, -0.1) is 10.2 Å². The molecule has 1 aromatic heterocycles. The van der Waals surface area contributed by atoms with Crippen LogP contribution in [0.2, 0.25) is 0 Å². The zero-order valence-corrected chi connectivity index (χ0v) is 14.8. The van der Waals surface area contributed by atoms with Gasteiger partial charge < -0.3 is 23.4 Å². The fourth-order valence-corrected chi connectivity index (χ4v) is 2.65. The van der Waals surface area contributed by atoms with Crippen molar-refractivity contribution < 1.29 is 28.2 Å². The van der Waals surface area contributed by atoms with Crippen molar-refractivity contribution in [1.82, 2.24) is 10.2 Å². The third-order valence-corrected chi connectivity index (χ3v) is 4.04. The lowest BCUT2D eigenvalue weighted by Crippen LogP contribution is -2.14. The van der Waals surface area contributed by atoms with Crippen LogP contribution in [-0.2, 0) is 9.53 Å². The first-order chi connectivity index (χ1) is 11.5. The number of ether oxygens (including phenoxy) is 4. The lowest BCUT2D eigenvalue weighted by atomic mass is 10.2. The molecule has 0 spiro atoms. The number of rotatable bonds is 7. The van der Waals surface area contributed by atoms with Gasteiger partial charge in [-0.3, -0.25) is 4.79 Å². The molecule has 8 nitrogen and oxygen atoms in total. The summed E-state index contributed by atoms with van der Waals surface area (Å²) in [4.78, 5) is 11.5. The zero-order chi connectivity index (χ0) is 17.7. The average Bonchev–Trinajstić information content (AvgIpc) is 3.07. The van der Waals surface area contributed by atoms with E-state index in [0.29, 0.717) is 22.8 Å². The minimum absolute atomic E-state index is 0.261. The van der Waals surface area contributed by atoms with Crippen molar-refractivity contribution in [3.63, 3.8) is 0 Å². The summed E-state index contributed by atoms with van der Waals surface area (Å²) in [5.41, 5.74) is 0.606. The largest absolute Gasteiger partial charge is 0.493 e. The summed E-state index contributed by atoms with van der Waals surface area (Å²) in [6, 6.07) is 3.40. The van der Waals surface area contributed by atoms with Crippen LogP contribution in [0.5, 0.6) is 17.2 Å². The van der Waals surface area contributed by atoms with E-state index in [4.69, 9.17) is 18.6 Å². The third-order valence-electron chi connectivity index (χ3n) is 3.13. The van der Waals surface area contributed by atoms with E-state index in [1.54, 1.807) is 19.1 Å². The predicted octanol–water partition coefficient (Wildman–Crippen LogP) is 2.42. The number of hydrogen-bond acceptors (Lipinski definition) is 9. The maximum Gasteiger partial charge on any atom is 0.319 e. The Bertz CT molecular complexity index is 693. The van der Waals surface area contributed by atoms with Crippen LogP contribution in [0.1, 0.15) is 6.92 Å². The Hall–Kier alpha value is -2.42. The van der Waals surface area contributed by atoms with Crippen LogP contribution in [0.4, 0.5) is 0 Å². The summed E-state index contributed by atoms with van der Waals surface area (Å²) in [5, 5.41) is 7.72. The van der Waals surface area contributed by atoms with E-state index in [-0.39, 0.29) is 17.1 Å². The first-order valence-electron chi connectivity index (χ1n) is 6.92. The minimum atomic E-state index is -0.455.